The first-order valence-corrected chi connectivity index (χ1v) is 5.96. The fourth-order valence-electron chi connectivity index (χ4n) is 1.48. The van der Waals surface area contributed by atoms with Gasteiger partial charge in [-0.25, -0.2) is 4.79 Å². The van der Waals surface area contributed by atoms with Gasteiger partial charge in [0.05, 0.1) is 11.5 Å². The maximum absolute atomic E-state index is 11.4. The second-order valence-electron chi connectivity index (χ2n) is 3.67. The summed E-state index contributed by atoms with van der Waals surface area (Å²) in [6, 6.07) is 4.18. The fraction of sp³-hybridized carbons (Fsp3) is 0.333. The predicted molar refractivity (Wildman–Crippen MR) is 68.1 cm³/mol. The fourth-order valence-corrected chi connectivity index (χ4v) is 1.65. The summed E-state index contributed by atoms with van der Waals surface area (Å²) in [5, 5.41) is 11.1. The van der Waals surface area contributed by atoms with Crippen molar-refractivity contribution in [2.45, 2.75) is 19.8 Å². The topological polar surface area (TPSA) is 86.5 Å². The third kappa shape index (κ3) is 4.33. The van der Waals surface area contributed by atoms with Crippen molar-refractivity contribution in [1.82, 2.24) is 0 Å². The third-order valence-electron chi connectivity index (χ3n) is 2.37. The van der Waals surface area contributed by atoms with Crippen LogP contribution in [-0.4, -0.2) is 23.3 Å². The van der Waals surface area contributed by atoms with Crippen LogP contribution in [0.15, 0.2) is 18.2 Å². The molecule has 0 radical (unpaired) electrons. The Kier molecular flexibility index (Phi) is 5.44. The molecule has 0 spiro atoms. The third-order valence-corrected chi connectivity index (χ3v) is 2.60. The lowest BCUT2D eigenvalue weighted by Crippen LogP contribution is -2.17. The van der Waals surface area contributed by atoms with Gasteiger partial charge in [-0.15, -0.1) is 0 Å². The van der Waals surface area contributed by atoms with E-state index in [0.717, 1.165) is 0 Å². The minimum atomic E-state index is -0.917. The molecule has 1 aromatic rings. The molecule has 19 heavy (non-hydrogen) atoms. The Labute approximate surface area is 114 Å². The number of hydrogen-bond donors (Lipinski definition) is 0. The maximum atomic E-state index is 11.4. The van der Waals surface area contributed by atoms with Crippen molar-refractivity contribution in [2.24, 2.45) is 0 Å². The number of carbonyl (C=O) groups excluding carboxylic acids is 2. The molecular formula is C12H12ClNO5. The molecule has 0 unspecified atom stereocenters. The number of Topliss-reactive ketones (excluding diaryl/α,β-unsaturated/α-hetero) is 1. The Morgan fingerprint density at radius 1 is 1.42 bits per heavy atom. The molecule has 0 fully saturated rings. The number of halogens is 1. The highest BCUT2D eigenvalue weighted by Crippen LogP contribution is 2.24. The highest BCUT2D eigenvalue weighted by molar-refractivity contribution is 6.33. The molecule has 0 saturated carbocycles. The zero-order chi connectivity index (χ0) is 14.4. The number of nitro groups is 1. The van der Waals surface area contributed by atoms with Gasteiger partial charge in [-0.1, -0.05) is 17.7 Å². The van der Waals surface area contributed by atoms with Crippen LogP contribution in [0.5, 0.6) is 0 Å². The molecule has 0 atom stereocenters. The van der Waals surface area contributed by atoms with Gasteiger partial charge >= 0.3 is 5.97 Å². The van der Waals surface area contributed by atoms with E-state index in [-0.39, 0.29) is 30.2 Å². The number of aryl methyl sites for hydroxylation is 1. The summed E-state index contributed by atoms with van der Waals surface area (Å²) in [7, 11) is 0. The van der Waals surface area contributed by atoms with E-state index in [0.29, 0.717) is 5.56 Å². The summed E-state index contributed by atoms with van der Waals surface area (Å²) < 4.78 is 4.55. The van der Waals surface area contributed by atoms with E-state index in [1.807, 2.05) is 0 Å². The summed E-state index contributed by atoms with van der Waals surface area (Å²) in [6.45, 7) is 1.71. The first-order valence-electron chi connectivity index (χ1n) is 5.58. The standard InChI is InChI=1S/C12H12ClNO5/c1-2-19-12(16)11(15)6-4-8-3-5-9(13)7-10(8)14(17)18/h3,5,7H,2,4,6H2,1H3. The van der Waals surface area contributed by atoms with Crippen LogP contribution >= 0.6 is 11.6 Å². The zero-order valence-corrected chi connectivity index (χ0v) is 11.0. The first-order chi connectivity index (χ1) is 8.95. The first kappa shape index (κ1) is 15.1. The van der Waals surface area contributed by atoms with E-state index in [9.17, 15) is 19.7 Å². The lowest BCUT2D eigenvalue weighted by molar-refractivity contribution is -0.385. The molecule has 0 bridgehead atoms. The van der Waals surface area contributed by atoms with Gasteiger partial charge in [-0.3, -0.25) is 14.9 Å². The minimum absolute atomic E-state index is 0.0884. The maximum Gasteiger partial charge on any atom is 0.374 e. The van der Waals surface area contributed by atoms with E-state index < -0.39 is 16.7 Å². The summed E-state index contributed by atoms with van der Waals surface area (Å²) in [4.78, 5) is 32.7. The second-order valence-corrected chi connectivity index (χ2v) is 4.11. The predicted octanol–water partition coefficient (Wildman–Crippen LogP) is 2.31. The molecule has 0 N–H and O–H groups in total. The van der Waals surface area contributed by atoms with Crippen molar-refractivity contribution >= 4 is 29.0 Å². The molecule has 6 nitrogen and oxygen atoms in total. The van der Waals surface area contributed by atoms with Gasteiger partial charge < -0.3 is 4.74 Å². The van der Waals surface area contributed by atoms with Crippen LogP contribution < -0.4 is 0 Å². The van der Waals surface area contributed by atoms with Gasteiger partial charge in [0.15, 0.2) is 0 Å². The highest BCUT2D eigenvalue weighted by atomic mass is 35.5. The summed E-state index contributed by atoms with van der Waals surface area (Å²) in [5.41, 5.74) is 0.191. The van der Waals surface area contributed by atoms with Crippen LogP contribution in [0.2, 0.25) is 5.02 Å². The van der Waals surface area contributed by atoms with Gasteiger partial charge in [0.2, 0.25) is 5.78 Å². The lowest BCUT2D eigenvalue weighted by atomic mass is 10.1. The smallest absolute Gasteiger partial charge is 0.374 e. The normalized spacial score (nSPS) is 10.0. The lowest BCUT2D eigenvalue weighted by Gasteiger charge is -2.03. The highest BCUT2D eigenvalue weighted by Gasteiger charge is 2.19. The van der Waals surface area contributed by atoms with Gasteiger partial charge in [0.1, 0.15) is 0 Å². The van der Waals surface area contributed by atoms with E-state index >= 15 is 0 Å². The molecule has 0 heterocycles. The van der Waals surface area contributed by atoms with Crippen LogP contribution in [-0.2, 0) is 20.7 Å². The van der Waals surface area contributed by atoms with Crippen LogP contribution in [0.3, 0.4) is 0 Å². The number of esters is 1. The van der Waals surface area contributed by atoms with Gasteiger partial charge in [0, 0.05) is 23.1 Å². The van der Waals surface area contributed by atoms with Crippen molar-refractivity contribution in [3.05, 3.63) is 38.9 Å². The molecular weight excluding hydrogens is 274 g/mol. The quantitative estimate of drug-likeness (QED) is 0.346. The van der Waals surface area contributed by atoms with Crippen molar-refractivity contribution in [1.29, 1.82) is 0 Å². The SMILES string of the molecule is CCOC(=O)C(=O)CCc1ccc(Cl)cc1[N+](=O)[O-]. The average molecular weight is 286 g/mol. The van der Waals surface area contributed by atoms with Gasteiger partial charge in [-0.2, -0.15) is 0 Å². The van der Waals surface area contributed by atoms with Crippen molar-refractivity contribution < 1.29 is 19.2 Å². The van der Waals surface area contributed by atoms with E-state index in [1.54, 1.807) is 6.92 Å². The summed E-state index contributed by atoms with van der Waals surface area (Å²) in [5.74, 6) is -1.62. The molecule has 0 aliphatic rings. The summed E-state index contributed by atoms with van der Waals surface area (Å²) >= 11 is 5.67. The van der Waals surface area contributed by atoms with Crippen LogP contribution in [0.1, 0.15) is 18.9 Å². The molecule has 102 valence electrons. The largest absolute Gasteiger partial charge is 0.460 e. The molecule has 0 aliphatic carbocycles. The Bertz CT molecular complexity index is 515. The van der Waals surface area contributed by atoms with Crippen molar-refractivity contribution in [2.75, 3.05) is 6.61 Å². The minimum Gasteiger partial charge on any atom is -0.460 e. The molecule has 0 amide bonds. The molecule has 0 aliphatic heterocycles. The van der Waals surface area contributed by atoms with Gasteiger partial charge in [-0.05, 0) is 19.4 Å². The second kappa shape index (κ2) is 6.84. The number of nitro benzene ring substituents is 1. The average Bonchev–Trinajstić information content (AvgIpc) is 2.36. The zero-order valence-electron chi connectivity index (χ0n) is 10.2. The van der Waals surface area contributed by atoms with Crippen LogP contribution in [0, 0.1) is 10.1 Å². The summed E-state index contributed by atoms with van der Waals surface area (Å²) in [6.07, 6.45) is -0.0492. The molecule has 0 aromatic heterocycles. The van der Waals surface area contributed by atoms with Crippen molar-refractivity contribution in [3.8, 4) is 0 Å². The number of nitrogens with zero attached hydrogens (tertiary/aromatic N) is 1. The van der Waals surface area contributed by atoms with Crippen LogP contribution in [0.25, 0.3) is 0 Å². The number of ether oxygens (including phenoxy) is 1. The van der Waals surface area contributed by atoms with E-state index in [4.69, 9.17) is 11.6 Å². The number of ketones is 1. The Hall–Kier alpha value is -1.95. The monoisotopic (exact) mass is 285 g/mol. The molecule has 0 saturated heterocycles. The van der Waals surface area contributed by atoms with Crippen molar-refractivity contribution in [3.63, 3.8) is 0 Å². The van der Waals surface area contributed by atoms with E-state index in [1.165, 1.54) is 18.2 Å². The molecule has 1 aromatic carbocycles. The Morgan fingerprint density at radius 3 is 2.68 bits per heavy atom. The van der Waals surface area contributed by atoms with Gasteiger partial charge in [0.25, 0.3) is 5.69 Å². The number of carbonyl (C=O) groups is 2. The van der Waals surface area contributed by atoms with Crippen LogP contribution in [0.4, 0.5) is 5.69 Å². The molecule has 7 heteroatoms. The number of hydrogen-bond acceptors (Lipinski definition) is 5. The number of benzene rings is 1. The Morgan fingerprint density at radius 2 is 2.11 bits per heavy atom. The molecule has 1 rings (SSSR count). The Balaban J connectivity index is 2.75. The van der Waals surface area contributed by atoms with E-state index in [2.05, 4.69) is 4.74 Å². The number of rotatable bonds is 6.